The van der Waals surface area contributed by atoms with Gasteiger partial charge in [0.2, 0.25) is 0 Å². The second kappa shape index (κ2) is 11.1. The summed E-state index contributed by atoms with van der Waals surface area (Å²) in [5.41, 5.74) is 4.05. The Balaban J connectivity index is 1.34. The highest BCUT2D eigenvalue weighted by atomic mass is 35.5. The van der Waals surface area contributed by atoms with Crippen molar-refractivity contribution < 1.29 is 14.3 Å². The molecule has 0 aliphatic rings. The van der Waals surface area contributed by atoms with Crippen molar-refractivity contribution >= 4 is 28.5 Å². The van der Waals surface area contributed by atoms with Crippen LogP contribution in [0.4, 0.5) is 0 Å². The van der Waals surface area contributed by atoms with Gasteiger partial charge in [0.1, 0.15) is 23.9 Å². The number of benzene rings is 3. The van der Waals surface area contributed by atoms with E-state index < -0.39 is 0 Å². The van der Waals surface area contributed by atoms with Crippen LogP contribution in [0.1, 0.15) is 17.0 Å². The molecule has 0 aliphatic carbocycles. The number of ether oxygens (including phenoxy) is 2. The Kier molecular flexibility index (Phi) is 7.70. The van der Waals surface area contributed by atoms with E-state index in [0.717, 1.165) is 33.7 Å². The summed E-state index contributed by atoms with van der Waals surface area (Å²) in [4.78, 5) is 17.1. The Labute approximate surface area is 204 Å². The van der Waals surface area contributed by atoms with Crippen molar-refractivity contribution in [2.45, 2.75) is 26.8 Å². The highest BCUT2D eigenvalue weighted by Gasteiger charge is 2.12. The summed E-state index contributed by atoms with van der Waals surface area (Å²) in [5.74, 6) is 2.12. The first-order valence-electron chi connectivity index (χ1n) is 11.3. The number of para-hydroxylation sites is 3. The Morgan fingerprint density at radius 2 is 1.79 bits per heavy atom. The number of aromatic nitrogens is 2. The smallest absolute Gasteiger partial charge is 0.257 e. The quantitative estimate of drug-likeness (QED) is 0.344. The lowest BCUT2D eigenvalue weighted by Crippen LogP contribution is -2.31. The van der Waals surface area contributed by atoms with Gasteiger partial charge in [0, 0.05) is 13.0 Å². The fourth-order valence-electron chi connectivity index (χ4n) is 3.75. The molecule has 1 heterocycles. The molecule has 3 aromatic carbocycles. The number of hydrogen-bond donors (Lipinski definition) is 1. The molecule has 0 spiro atoms. The number of carbonyl (C=O) groups is 1. The van der Waals surface area contributed by atoms with Crippen molar-refractivity contribution in [3.63, 3.8) is 0 Å². The fraction of sp³-hybridized carbons (Fsp3) is 0.259. The number of amides is 1. The van der Waals surface area contributed by atoms with Gasteiger partial charge in [0.05, 0.1) is 22.6 Å². The van der Waals surface area contributed by atoms with Crippen LogP contribution >= 0.6 is 11.6 Å². The summed E-state index contributed by atoms with van der Waals surface area (Å²) < 4.78 is 13.7. The van der Waals surface area contributed by atoms with E-state index in [9.17, 15) is 4.79 Å². The number of carbonyl (C=O) groups excluding carboxylic acids is 1. The van der Waals surface area contributed by atoms with Gasteiger partial charge in [-0.2, -0.15) is 0 Å². The first kappa shape index (κ1) is 23.6. The third kappa shape index (κ3) is 5.88. The summed E-state index contributed by atoms with van der Waals surface area (Å²) in [6, 6.07) is 21.4. The van der Waals surface area contributed by atoms with E-state index in [4.69, 9.17) is 26.1 Å². The van der Waals surface area contributed by atoms with Crippen LogP contribution in [0, 0.1) is 13.8 Å². The van der Waals surface area contributed by atoms with Crippen LogP contribution in [0.5, 0.6) is 11.5 Å². The normalized spacial score (nSPS) is 10.9. The molecule has 0 atom stereocenters. The molecule has 176 valence electrons. The molecule has 0 radical (unpaired) electrons. The molecule has 4 aromatic rings. The molecule has 0 bridgehead atoms. The van der Waals surface area contributed by atoms with Crippen LogP contribution in [-0.2, 0) is 17.8 Å². The van der Waals surface area contributed by atoms with E-state index in [1.165, 1.54) is 0 Å². The Morgan fingerprint density at radius 1 is 1.00 bits per heavy atom. The molecule has 6 nitrogen and oxygen atoms in total. The minimum absolute atomic E-state index is 0.0214. The second-order valence-corrected chi connectivity index (χ2v) is 8.51. The van der Waals surface area contributed by atoms with Crippen LogP contribution in [-0.4, -0.2) is 35.2 Å². The third-order valence-corrected chi connectivity index (χ3v) is 5.83. The summed E-state index contributed by atoms with van der Waals surface area (Å²) >= 11 is 6.20. The maximum absolute atomic E-state index is 12.3. The predicted octanol–water partition coefficient (Wildman–Crippen LogP) is 5.12. The van der Waals surface area contributed by atoms with Crippen molar-refractivity contribution in [1.82, 2.24) is 14.9 Å². The van der Waals surface area contributed by atoms with Gasteiger partial charge < -0.3 is 19.4 Å². The van der Waals surface area contributed by atoms with Crippen molar-refractivity contribution in [3.05, 3.63) is 88.7 Å². The van der Waals surface area contributed by atoms with Crippen molar-refractivity contribution in [2.24, 2.45) is 0 Å². The van der Waals surface area contributed by atoms with E-state index in [-0.39, 0.29) is 12.5 Å². The molecular formula is C27H28ClN3O3. The summed E-state index contributed by atoms with van der Waals surface area (Å²) in [7, 11) is 0. The maximum atomic E-state index is 12.3. The standard InChI is InChI=1S/C27H28ClN3O3/c1-19-11-12-20(2)25(17-19)34-18-27(32)29-14-13-26-30-22-8-4-5-9-23(22)31(26)15-16-33-24-10-6-3-7-21(24)28/h3-12,17H,13-16,18H2,1-2H3,(H,29,32). The number of imidazole rings is 1. The average Bonchev–Trinajstić information content (AvgIpc) is 3.18. The van der Waals surface area contributed by atoms with Crippen LogP contribution in [0.25, 0.3) is 11.0 Å². The number of nitrogens with zero attached hydrogens (tertiary/aromatic N) is 2. The van der Waals surface area contributed by atoms with Crippen LogP contribution in [0.2, 0.25) is 5.02 Å². The lowest BCUT2D eigenvalue weighted by Gasteiger charge is -2.12. The molecule has 1 N–H and O–H groups in total. The second-order valence-electron chi connectivity index (χ2n) is 8.10. The summed E-state index contributed by atoms with van der Waals surface area (Å²) in [6.45, 7) is 5.47. The Hall–Kier alpha value is -3.51. The molecule has 0 unspecified atom stereocenters. The molecule has 7 heteroatoms. The van der Waals surface area contributed by atoms with Crippen molar-refractivity contribution in [2.75, 3.05) is 19.8 Å². The topological polar surface area (TPSA) is 65.4 Å². The molecule has 1 amide bonds. The van der Waals surface area contributed by atoms with Gasteiger partial charge in [0.25, 0.3) is 5.91 Å². The molecule has 1 aromatic heterocycles. The highest BCUT2D eigenvalue weighted by molar-refractivity contribution is 6.32. The zero-order valence-corrected chi connectivity index (χ0v) is 20.1. The van der Waals surface area contributed by atoms with Gasteiger partial charge in [-0.15, -0.1) is 0 Å². The molecule has 0 aliphatic heterocycles. The summed E-state index contributed by atoms with van der Waals surface area (Å²) in [6.07, 6.45) is 0.593. The number of halogens is 1. The molecule has 0 fully saturated rings. The monoisotopic (exact) mass is 477 g/mol. The van der Waals surface area contributed by atoms with Gasteiger partial charge in [-0.25, -0.2) is 4.98 Å². The molecular weight excluding hydrogens is 450 g/mol. The lowest BCUT2D eigenvalue weighted by molar-refractivity contribution is -0.123. The number of nitrogens with one attached hydrogen (secondary N) is 1. The Bertz CT molecular complexity index is 1290. The Morgan fingerprint density at radius 3 is 2.65 bits per heavy atom. The van der Waals surface area contributed by atoms with Gasteiger partial charge in [-0.05, 0) is 55.3 Å². The SMILES string of the molecule is Cc1ccc(C)c(OCC(=O)NCCc2nc3ccccc3n2CCOc2ccccc2Cl)c1. The zero-order chi connectivity index (χ0) is 23.9. The van der Waals surface area contributed by atoms with E-state index in [0.29, 0.717) is 36.9 Å². The largest absolute Gasteiger partial charge is 0.490 e. The highest BCUT2D eigenvalue weighted by Crippen LogP contribution is 2.23. The van der Waals surface area contributed by atoms with Crippen LogP contribution < -0.4 is 14.8 Å². The van der Waals surface area contributed by atoms with Gasteiger partial charge in [-0.1, -0.05) is 48.0 Å². The summed E-state index contributed by atoms with van der Waals surface area (Å²) in [5, 5.41) is 3.52. The van der Waals surface area contributed by atoms with E-state index in [1.54, 1.807) is 0 Å². The van der Waals surface area contributed by atoms with E-state index in [2.05, 4.69) is 9.88 Å². The molecule has 4 rings (SSSR count). The van der Waals surface area contributed by atoms with Gasteiger partial charge in [0.15, 0.2) is 6.61 Å². The minimum Gasteiger partial charge on any atom is -0.490 e. The number of fused-ring (bicyclic) bond motifs is 1. The van der Waals surface area contributed by atoms with Crippen LogP contribution in [0.15, 0.2) is 66.7 Å². The number of hydrogen-bond acceptors (Lipinski definition) is 4. The third-order valence-electron chi connectivity index (χ3n) is 5.52. The maximum Gasteiger partial charge on any atom is 0.257 e. The average molecular weight is 478 g/mol. The first-order chi connectivity index (χ1) is 16.5. The minimum atomic E-state index is -0.161. The van der Waals surface area contributed by atoms with E-state index >= 15 is 0 Å². The molecule has 0 saturated carbocycles. The molecule has 0 saturated heterocycles. The van der Waals surface area contributed by atoms with E-state index in [1.807, 2.05) is 80.6 Å². The first-order valence-corrected chi connectivity index (χ1v) is 11.7. The number of rotatable bonds is 10. The number of aryl methyl sites for hydroxylation is 2. The lowest BCUT2D eigenvalue weighted by atomic mass is 10.1. The van der Waals surface area contributed by atoms with Gasteiger partial charge >= 0.3 is 0 Å². The molecule has 34 heavy (non-hydrogen) atoms. The van der Waals surface area contributed by atoms with Crippen molar-refractivity contribution in [3.8, 4) is 11.5 Å². The zero-order valence-electron chi connectivity index (χ0n) is 19.4. The van der Waals surface area contributed by atoms with Crippen LogP contribution in [0.3, 0.4) is 0 Å². The fourth-order valence-corrected chi connectivity index (χ4v) is 3.94. The predicted molar refractivity (Wildman–Crippen MR) is 135 cm³/mol. The van der Waals surface area contributed by atoms with Gasteiger partial charge in [-0.3, -0.25) is 4.79 Å². The van der Waals surface area contributed by atoms with Crippen molar-refractivity contribution in [1.29, 1.82) is 0 Å².